The van der Waals surface area contributed by atoms with Gasteiger partial charge in [0.15, 0.2) is 16.8 Å². The zero-order valence-corrected chi connectivity index (χ0v) is 17.9. The fourth-order valence-corrected chi connectivity index (χ4v) is 4.22. The van der Waals surface area contributed by atoms with Gasteiger partial charge in [0, 0.05) is 34.7 Å². The summed E-state index contributed by atoms with van der Waals surface area (Å²) in [5.41, 5.74) is 3.63. The average Bonchev–Trinajstić information content (AvgIpc) is 3.41. The molecule has 0 radical (unpaired) electrons. The molecule has 0 saturated heterocycles. The maximum absolute atomic E-state index is 13.4. The van der Waals surface area contributed by atoms with Gasteiger partial charge in [0.2, 0.25) is 5.91 Å². The van der Waals surface area contributed by atoms with Crippen molar-refractivity contribution in [2.75, 3.05) is 16.8 Å². The van der Waals surface area contributed by atoms with E-state index >= 15 is 0 Å². The molecule has 1 aliphatic heterocycles. The number of nitrogens with one attached hydrogen (secondary N) is 1. The minimum absolute atomic E-state index is 0.00933. The normalized spacial score (nSPS) is 13.7. The van der Waals surface area contributed by atoms with Gasteiger partial charge in [0.1, 0.15) is 0 Å². The topological polar surface area (TPSA) is 62.3 Å². The van der Waals surface area contributed by atoms with Crippen molar-refractivity contribution in [1.82, 2.24) is 4.98 Å². The molecule has 0 aliphatic carbocycles. The maximum atomic E-state index is 13.4. The molecule has 0 saturated carbocycles. The monoisotopic (exact) mass is 441 g/mol. The van der Waals surface area contributed by atoms with E-state index in [9.17, 15) is 18.4 Å². The lowest BCUT2D eigenvalue weighted by molar-refractivity contribution is -0.121. The first-order valence-corrected chi connectivity index (χ1v) is 10.9. The molecule has 1 aliphatic rings. The molecule has 2 amide bonds. The molecule has 1 N–H and O–H groups in total. The third-order valence-corrected chi connectivity index (χ3v) is 6.23. The second kappa shape index (κ2) is 8.55. The van der Waals surface area contributed by atoms with E-state index in [-0.39, 0.29) is 17.4 Å². The summed E-state index contributed by atoms with van der Waals surface area (Å²) in [4.78, 5) is 31.2. The van der Waals surface area contributed by atoms with Crippen LogP contribution in [0.25, 0.3) is 11.3 Å². The predicted molar refractivity (Wildman–Crippen MR) is 117 cm³/mol. The number of anilines is 2. The molecule has 4 rings (SSSR count). The summed E-state index contributed by atoms with van der Waals surface area (Å²) >= 11 is 1.24. The highest BCUT2D eigenvalue weighted by Gasteiger charge is 2.27. The number of carbonyl (C=O) groups excluding carboxylic acids is 2. The summed E-state index contributed by atoms with van der Waals surface area (Å²) in [6.07, 6.45) is 1.59. The van der Waals surface area contributed by atoms with Crippen molar-refractivity contribution in [3.8, 4) is 11.3 Å². The van der Waals surface area contributed by atoms with Gasteiger partial charge < -0.3 is 4.90 Å². The minimum Gasteiger partial charge on any atom is -0.312 e. The van der Waals surface area contributed by atoms with Gasteiger partial charge >= 0.3 is 0 Å². The van der Waals surface area contributed by atoms with Gasteiger partial charge in [-0.25, -0.2) is 13.8 Å². The van der Waals surface area contributed by atoms with Crippen molar-refractivity contribution >= 4 is 34.0 Å². The Hall–Kier alpha value is -3.13. The standard InChI is InChI=1S/C23H21F2N3O2S/c1-3-13(2)22(30)28-9-8-15-10-14(5-7-20(15)28)19-12-31-23(26-19)27-21(29)16-4-6-17(24)18(25)11-16/h4-7,10-13H,3,8-9H2,1-2H3,(H,26,27,29). The number of hydrogen-bond donors (Lipinski definition) is 1. The number of rotatable bonds is 5. The van der Waals surface area contributed by atoms with Gasteiger partial charge in [0.05, 0.1) is 5.69 Å². The highest BCUT2D eigenvalue weighted by atomic mass is 32.1. The first kappa shape index (κ1) is 21.1. The van der Waals surface area contributed by atoms with Gasteiger partial charge in [0.25, 0.3) is 5.91 Å². The highest BCUT2D eigenvalue weighted by molar-refractivity contribution is 7.14. The van der Waals surface area contributed by atoms with Crippen LogP contribution in [0.5, 0.6) is 0 Å². The SMILES string of the molecule is CCC(C)C(=O)N1CCc2cc(-c3csc(NC(=O)c4ccc(F)c(F)c4)n3)ccc21. The van der Waals surface area contributed by atoms with Crippen molar-refractivity contribution in [1.29, 1.82) is 0 Å². The van der Waals surface area contributed by atoms with Crippen LogP contribution in [0.3, 0.4) is 0 Å². The van der Waals surface area contributed by atoms with E-state index in [1.807, 2.05) is 42.3 Å². The Bertz CT molecular complexity index is 1160. The molecule has 160 valence electrons. The molecule has 2 heterocycles. The van der Waals surface area contributed by atoms with Gasteiger partial charge in [-0.2, -0.15) is 0 Å². The average molecular weight is 442 g/mol. The maximum Gasteiger partial charge on any atom is 0.257 e. The molecule has 3 aromatic rings. The lowest BCUT2D eigenvalue weighted by atomic mass is 10.1. The third kappa shape index (κ3) is 4.20. The van der Waals surface area contributed by atoms with Crippen LogP contribution in [-0.4, -0.2) is 23.3 Å². The minimum atomic E-state index is -1.08. The second-order valence-corrected chi connectivity index (χ2v) is 8.37. The smallest absolute Gasteiger partial charge is 0.257 e. The van der Waals surface area contributed by atoms with Gasteiger partial charge in [-0.15, -0.1) is 11.3 Å². The molecule has 2 aromatic carbocycles. The molecular weight excluding hydrogens is 420 g/mol. The van der Waals surface area contributed by atoms with E-state index in [1.54, 1.807) is 0 Å². The van der Waals surface area contributed by atoms with E-state index < -0.39 is 17.5 Å². The fraction of sp³-hybridized carbons (Fsp3) is 0.261. The van der Waals surface area contributed by atoms with Gasteiger partial charge in [-0.3, -0.25) is 14.9 Å². The van der Waals surface area contributed by atoms with E-state index in [0.717, 1.165) is 41.8 Å². The summed E-state index contributed by atoms with van der Waals surface area (Å²) in [5.74, 6) is -2.51. The largest absolute Gasteiger partial charge is 0.312 e. The zero-order chi connectivity index (χ0) is 22.1. The number of fused-ring (bicyclic) bond motifs is 1. The fourth-order valence-electron chi connectivity index (χ4n) is 3.50. The molecule has 8 heteroatoms. The Morgan fingerprint density at radius 3 is 2.74 bits per heavy atom. The summed E-state index contributed by atoms with van der Waals surface area (Å²) < 4.78 is 26.4. The summed E-state index contributed by atoms with van der Waals surface area (Å²) in [6, 6.07) is 8.86. The van der Waals surface area contributed by atoms with Crippen LogP contribution in [0.4, 0.5) is 19.6 Å². The number of carbonyl (C=O) groups is 2. The van der Waals surface area contributed by atoms with Crippen LogP contribution >= 0.6 is 11.3 Å². The molecule has 31 heavy (non-hydrogen) atoms. The van der Waals surface area contributed by atoms with Crippen molar-refractivity contribution in [3.05, 3.63) is 64.5 Å². The van der Waals surface area contributed by atoms with Crippen molar-refractivity contribution in [2.24, 2.45) is 5.92 Å². The third-order valence-electron chi connectivity index (χ3n) is 5.48. The summed E-state index contributed by atoms with van der Waals surface area (Å²) in [7, 11) is 0. The Morgan fingerprint density at radius 1 is 1.19 bits per heavy atom. The Labute approximate surface area is 182 Å². The van der Waals surface area contributed by atoms with Crippen LogP contribution in [0.2, 0.25) is 0 Å². The predicted octanol–water partition coefficient (Wildman–Crippen LogP) is 5.28. The first-order valence-electron chi connectivity index (χ1n) is 10.0. The van der Waals surface area contributed by atoms with Crippen molar-refractivity contribution < 1.29 is 18.4 Å². The van der Waals surface area contributed by atoms with E-state index in [2.05, 4.69) is 10.3 Å². The van der Waals surface area contributed by atoms with E-state index in [1.165, 1.54) is 17.4 Å². The van der Waals surface area contributed by atoms with Crippen LogP contribution in [0.15, 0.2) is 41.8 Å². The number of aromatic nitrogens is 1. The van der Waals surface area contributed by atoms with Gasteiger partial charge in [-0.05, 0) is 48.7 Å². The number of benzene rings is 2. The quantitative estimate of drug-likeness (QED) is 0.586. The van der Waals surface area contributed by atoms with Crippen LogP contribution in [-0.2, 0) is 11.2 Å². The molecule has 1 unspecified atom stereocenters. The first-order chi connectivity index (χ1) is 14.9. The van der Waals surface area contributed by atoms with E-state index in [4.69, 9.17) is 0 Å². The Kier molecular flexibility index (Phi) is 5.82. The Balaban J connectivity index is 1.50. The molecule has 1 aromatic heterocycles. The number of amides is 2. The molecule has 1 atom stereocenters. The number of halogens is 2. The highest BCUT2D eigenvalue weighted by Crippen LogP contribution is 2.34. The second-order valence-electron chi connectivity index (χ2n) is 7.51. The number of hydrogen-bond acceptors (Lipinski definition) is 4. The molecular formula is C23H21F2N3O2S. The van der Waals surface area contributed by atoms with Crippen molar-refractivity contribution in [2.45, 2.75) is 26.7 Å². The molecule has 0 spiro atoms. The zero-order valence-electron chi connectivity index (χ0n) is 17.1. The molecule has 0 bridgehead atoms. The summed E-state index contributed by atoms with van der Waals surface area (Å²) in [6.45, 7) is 4.63. The lowest BCUT2D eigenvalue weighted by Gasteiger charge is -2.21. The van der Waals surface area contributed by atoms with Crippen LogP contribution < -0.4 is 10.2 Å². The van der Waals surface area contributed by atoms with Crippen LogP contribution in [0, 0.1) is 17.6 Å². The van der Waals surface area contributed by atoms with Crippen molar-refractivity contribution in [3.63, 3.8) is 0 Å². The lowest BCUT2D eigenvalue weighted by Crippen LogP contribution is -2.33. The van der Waals surface area contributed by atoms with Gasteiger partial charge in [-0.1, -0.05) is 19.9 Å². The molecule has 0 fully saturated rings. The number of thiazole rings is 1. The van der Waals surface area contributed by atoms with E-state index in [0.29, 0.717) is 17.4 Å². The Morgan fingerprint density at radius 2 is 2.00 bits per heavy atom. The number of nitrogens with zero attached hydrogens (tertiary/aromatic N) is 2. The summed E-state index contributed by atoms with van der Waals surface area (Å²) in [5, 5.41) is 4.79. The van der Waals surface area contributed by atoms with Crippen LogP contribution in [0.1, 0.15) is 36.2 Å². The molecule has 5 nitrogen and oxygen atoms in total.